The molecule has 0 unspecified atom stereocenters. The topological polar surface area (TPSA) is 169 Å². The second kappa shape index (κ2) is 9.38. The number of pyridine rings is 3. The van der Waals surface area contributed by atoms with Crippen molar-refractivity contribution in [2.45, 2.75) is 0 Å². The summed E-state index contributed by atoms with van der Waals surface area (Å²) >= 11 is 0. The minimum Gasteiger partial charge on any atom is -0.335 e. The van der Waals surface area contributed by atoms with Crippen LogP contribution >= 0.6 is 0 Å². The van der Waals surface area contributed by atoms with Gasteiger partial charge in [-0.2, -0.15) is 5.10 Å². The number of H-pyrrole nitrogens is 2. The number of carbonyl (C=O) groups excluding carboxylic acids is 1. The van der Waals surface area contributed by atoms with Gasteiger partial charge in [0.15, 0.2) is 17.3 Å². The predicted molar refractivity (Wildman–Crippen MR) is 154 cm³/mol. The zero-order chi connectivity index (χ0) is 28.0. The number of amides is 1. The normalized spacial score (nSPS) is 11.4. The van der Waals surface area contributed by atoms with Crippen molar-refractivity contribution in [1.82, 2.24) is 54.6 Å². The Morgan fingerprint density at radius 3 is 2.67 bits per heavy atom. The Hall–Kier alpha value is -6.37. The molecule has 0 fully saturated rings. The maximum absolute atomic E-state index is 12.7. The van der Waals surface area contributed by atoms with E-state index >= 15 is 0 Å². The number of benzene rings is 1. The predicted octanol–water partition coefficient (Wildman–Crippen LogP) is 4.29. The number of nitrogens with zero attached hydrogens (tertiary/aromatic N) is 9. The summed E-state index contributed by atoms with van der Waals surface area (Å²) in [6, 6.07) is 12.8. The fraction of sp³-hybridized carbons (Fsp3) is 0. The number of hydrogen-bond donors (Lipinski definition) is 3. The molecule has 0 saturated carbocycles. The van der Waals surface area contributed by atoms with Crippen molar-refractivity contribution < 1.29 is 4.79 Å². The van der Waals surface area contributed by atoms with Crippen LogP contribution in [0.5, 0.6) is 0 Å². The van der Waals surface area contributed by atoms with Gasteiger partial charge in [0.05, 0.1) is 47.1 Å². The van der Waals surface area contributed by atoms with E-state index in [0.717, 1.165) is 22.0 Å². The first-order valence-electron chi connectivity index (χ1n) is 12.8. The lowest BCUT2D eigenvalue weighted by molar-refractivity contribution is 0.102. The first kappa shape index (κ1) is 23.5. The van der Waals surface area contributed by atoms with Crippen molar-refractivity contribution in [3.05, 3.63) is 97.9 Å². The number of imidazole rings is 2. The summed E-state index contributed by atoms with van der Waals surface area (Å²) in [6.07, 6.45) is 13.3. The van der Waals surface area contributed by atoms with E-state index in [-0.39, 0.29) is 5.91 Å². The van der Waals surface area contributed by atoms with E-state index in [1.54, 1.807) is 60.2 Å². The van der Waals surface area contributed by atoms with Crippen molar-refractivity contribution >= 4 is 33.7 Å². The zero-order valence-electron chi connectivity index (χ0n) is 21.6. The average Bonchev–Trinajstić information content (AvgIpc) is 3.79. The largest absolute Gasteiger partial charge is 0.335 e. The van der Waals surface area contributed by atoms with Crippen LogP contribution in [0.2, 0.25) is 0 Å². The zero-order valence-corrected chi connectivity index (χ0v) is 21.6. The first-order valence-corrected chi connectivity index (χ1v) is 12.8. The molecule has 0 spiro atoms. The highest BCUT2D eigenvalue weighted by atomic mass is 16.1. The van der Waals surface area contributed by atoms with Crippen LogP contribution in [0, 0.1) is 0 Å². The first-order chi connectivity index (χ1) is 20.7. The van der Waals surface area contributed by atoms with Gasteiger partial charge in [0.25, 0.3) is 5.91 Å². The monoisotopic (exact) mass is 550 g/mol. The Kier molecular flexibility index (Phi) is 5.25. The quantitative estimate of drug-likeness (QED) is 0.283. The minimum atomic E-state index is -0.213. The second-order valence-corrected chi connectivity index (χ2v) is 9.46. The van der Waals surface area contributed by atoms with Gasteiger partial charge >= 0.3 is 0 Å². The molecule has 7 heterocycles. The van der Waals surface area contributed by atoms with Gasteiger partial charge in [-0.05, 0) is 24.3 Å². The highest BCUT2D eigenvalue weighted by Crippen LogP contribution is 2.31. The summed E-state index contributed by atoms with van der Waals surface area (Å²) in [6.45, 7) is 0. The molecule has 42 heavy (non-hydrogen) atoms. The van der Waals surface area contributed by atoms with Crippen LogP contribution in [0.3, 0.4) is 0 Å². The number of anilines is 1. The average molecular weight is 551 g/mol. The molecule has 1 amide bonds. The number of hydrogen-bond acceptors (Lipinski definition) is 9. The van der Waals surface area contributed by atoms with Gasteiger partial charge in [-0.25, -0.2) is 24.9 Å². The highest BCUT2D eigenvalue weighted by Gasteiger charge is 2.19. The Morgan fingerprint density at radius 1 is 0.857 bits per heavy atom. The second-order valence-electron chi connectivity index (χ2n) is 9.46. The summed E-state index contributed by atoms with van der Waals surface area (Å²) in [4.78, 5) is 47.1. The van der Waals surface area contributed by atoms with Crippen molar-refractivity contribution in [1.29, 1.82) is 0 Å². The summed E-state index contributed by atoms with van der Waals surface area (Å²) in [5.74, 6) is 0.981. The maximum Gasteiger partial charge on any atom is 0.255 e. The molecule has 200 valence electrons. The van der Waals surface area contributed by atoms with Gasteiger partial charge in [-0.1, -0.05) is 18.2 Å². The third-order valence-electron chi connectivity index (χ3n) is 6.85. The van der Waals surface area contributed by atoms with Crippen molar-refractivity contribution in [3.63, 3.8) is 0 Å². The van der Waals surface area contributed by atoms with E-state index < -0.39 is 0 Å². The summed E-state index contributed by atoms with van der Waals surface area (Å²) in [5.41, 5.74) is 6.68. The molecule has 0 aliphatic carbocycles. The van der Waals surface area contributed by atoms with E-state index in [9.17, 15) is 4.79 Å². The Morgan fingerprint density at radius 2 is 1.74 bits per heavy atom. The van der Waals surface area contributed by atoms with Crippen molar-refractivity contribution in [2.75, 3.05) is 5.32 Å². The summed E-state index contributed by atoms with van der Waals surface area (Å²) in [7, 11) is 0. The molecule has 6 aromatic rings. The fourth-order valence-corrected chi connectivity index (χ4v) is 4.86. The number of fused-ring (bicyclic) bond motifs is 3. The summed E-state index contributed by atoms with van der Waals surface area (Å²) in [5, 5.41) is 11.2. The fourth-order valence-electron chi connectivity index (χ4n) is 4.86. The number of carbonyl (C=O) groups is 1. The molecular formula is C29H18N12O. The number of aromatic amines is 2. The number of rotatable bonds is 5. The van der Waals surface area contributed by atoms with Gasteiger partial charge < -0.3 is 10.3 Å². The van der Waals surface area contributed by atoms with Crippen LogP contribution in [-0.2, 0) is 0 Å². The lowest BCUT2D eigenvalue weighted by Crippen LogP contribution is -2.11. The lowest BCUT2D eigenvalue weighted by Gasteiger charge is -2.09. The Labute approximate surface area is 236 Å². The number of nitrogens with one attached hydrogen (secondary N) is 3. The summed E-state index contributed by atoms with van der Waals surface area (Å²) < 4.78 is 1.81. The molecular weight excluding hydrogens is 532 g/mol. The van der Waals surface area contributed by atoms with Crippen molar-refractivity contribution in [3.8, 4) is 39.9 Å². The molecule has 13 nitrogen and oxygen atoms in total. The lowest BCUT2D eigenvalue weighted by atomic mass is 10.1. The van der Waals surface area contributed by atoms with Gasteiger partial charge in [0, 0.05) is 29.1 Å². The van der Waals surface area contributed by atoms with Gasteiger partial charge in [-0.3, -0.25) is 24.4 Å². The molecule has 0 radical (unpaired) electrons. The minimum absolute atomic E-state index is 0.213. The van der Waals surface area contributed by atoms with Gasteiger partial charge in [0.1, 0.15) is 29.6 Å². The highest BCUT2D eigenvalue weighted by molar-refractivity contribution is 6.04. The number of aromatic nitrogens is 11. The van der Waals surface area contributed by atoms with E-state index in [0.29, 0.717) is 51.1 Å². The third kappa shape index (κ3) is 3.92. The van der Waals surface area contributed by atoms with Crippen LogP contribution in [0.1, 0.15) is 10.4 Å². The smallest absolute Gasteiger partial charge is 0.255 e. The molecule has 5 aromatic heterocycles. The van der Waals surface area contributed by atoms with E-state index in [4.69, 9.17) is 4.98 Å². The van der Waals surface area contributed by atoms with Gasteiger partial charge in [-0.15, -0.1) is 0 Å². The van der Waals surface area contributed by atoms with E-state index in [2.05, 4.69) is 50.4 Å². The molecule has 0 atom stereocenters. The van der Waals surface area contributed by atoms with Gasteiger partial charge in [0.2, 0.25) is 0 Å². The van der Waals surface area contributed by atoms with E-state index in [1.807, 2.05) is 30.3 Å². The SMILES string of the molecule is O=C(Nc1cncc(-c2cnc3[nH]nc(-c4nc5c(-n6cncc7ncnc6-7)cncc5[nH]4)c3c2)c1)c1ccccc1. The van der Waals surface area contributed by atoms with Crippen LogP contribution in [-0.4, -0.2) is 60.5 Å². The molecule has 0 bridgehead atoms. The molecule has 1 aromatic carbocycles. The van der Waals surface area contributed by atoms with Crippen LogP contribution < -0.4 is 5.32 Å². The Balaban J connectivity index is 1.17. The van der Waals surface area contributed by atoms with Crippen molar-refractivity contribution in [2.24, 2.45) is 0 Å². The van der Waals surface area contributed by atoms with E-state index in [1.165, 1.54) is 6.33 Å². The maximum atomic E-state index is 12.7. The molecule has 0 saturated heterocycles. The van der Waals surface area contributed by atoms with Crippen LogP contribution in [0.25, 0.3) is 61.9 Å². The third-order valence-corrected chi connectivity index (χ3v) is 6.85. The molecule has 8 rings (SSSR count). The molecule has 2 aliphatic rings. The van der Waals surface area contributed by atoms with Crippen LogP contribution in [0.4, 0.5) is 5.69 Å². The van der Waals surface area contributed by atoms with Crippen LogP contribution in [0.15, 0.2) is 92.3 Å². The standard InChI is InChI=1S/C29H18N12O/c42-29(16-4-2-1-3-5-16)36-19-6-17(8-30-10-19)18-7-20-24(39-40-26(20)33-9-18)27-37-21-11-31-13-23(25(21)38-27)41-15-32-12-22-28(41)35-14-34-22/h1-15H,(H,36,42)(H,37,38)(H,33,39,40). The molecule has 13 heteroatoms. The Bertz CT molecular complexity index is 2210. The molecule has 2 aliphatic heterocycles. The molecule has 3 N–H and O–H groups in total.